The Morgan fingerprint density at radius 3 is 0.389 bits per heavy atom. The summed E-state index contributed by atoms with van der Waals surface area (Å²) in [5.41, 5.74) is 0. The summed E-state index contributed by atoms with van der Waals surface area (Å²) in [6, 6.07) is 0. The SMILES string of the molecule is CCCCCCCCCCCCCCOC(=O)CCN(CCC(=O)OC)CCN(C)CCN(CC)CCN(CCC(=O)OCCCCCCCCCCCCCC)CCC(=O)OCCCCCCCCCCCCCC.CCCCCCCCCCCCCOC(=O)CCN(CCC(=O)OC)CCN(C)CCN(CC)CCN(CCC(=O)OCCCCCCCCCCCCC)CCC(=O)OCCCCCCCCCCCCC. The third-order valence-electron chi connectivity index (χ3n) is 29.9. The van der Waals surface area contributed by atoms with E-state index in [-0.39, 0.29) is 60.6 Å². The standard InChI is InChI=1S/C64H126N4O8.C61H120N4O8/c1-7-11-14-17-20-23-26-29-32-35-38-41-58-74-62(70)45-49-67(48-44-61(69)73-6)55-53-65(5)52-54-66(10-4)56-57-68(50-46-63(71)75-59-42-39-36-33-30-27-24-21-18-15-12-8-2)51-47-64(72)76-60-43-40-37-34-31-28-25-22-19-16-13-9-3;1-7-11-14-17-20-23-26-29-32-35-38-55-71-59(67)42-46-64(45-41-58(66)70-6)52-50-62(5)49-51-63(10-4)53-54-65(47-43-60(68)72-56-39-36-33-30-27-24-21-18-15-12-8-2)48-44-61(69)73-57-40-37-34-31-28-25-22-19-16-13-9-3/h7-60H2,1-6H3;7-57H2,1-6H3. The van der Waals surface area contributed by atoms with Crippen LogP contribution in [0.1, 0.15) is 550 Å². The van der Waals surface area contributed by atoms with E-state index in [0.717, 1.165) is 169 Å². The highest BCUT2D eigenvalue weighted by atomic mass is 16.6. The van der Waals surface area contributed by atoms with Crippen LogP contribution in [-0.4, -0.2) is 299 Å². The predicted octanol–water partition coefficient (Wildman–Crippen LogP) is 29.5. The van der Waals surface area contributed by atoms with Crippen LogP contribution in [0.5, 0.6) is 0 Å². The van der Waals surface area contributed by atoms with Crippen molar-refractivity contribution in [2.24, 2.45) is 0 Å². The van der Waals surface area contributed by atoms with E-state index in [9.17, 15) is 38.4 Å². The first-order chi connectivity index (χ1) is 72.9. The van der Waals surface area contributed by atoms with Gasteiger partial charge < -0.3 is 77.1 Å². The molecule has 0 spiro atoms. The average Bonchev–Trinajstić information content (AvgIpc) is 0.934. The molecule has 0 atom stereocenters. The molecule has 0 aliphatic carbocycles. The summed E-state index contributed by atoms with van der Waals surface area (Å²) in [4.78, 5) is 119. The zero-order chi connectivity index (χ0) is 109. The lowest BCUT2D eigenvalue weighted by molar-refractivity contribution is -0.146. The van der Waals surface area contributed by atoms with Gasteiger partial charge in [0, 0.05) is 131 Å². The smallest absolute Gasteiger partial charge is 0.307 e. The average molecular weight is 2120 g/mol. The van der Waals surface area contributed by atoms with E-state index < -0.39 is 0 Å². The molecular weight excluding hydrogens is 1870 g/mol. The maximum Gasteiger partial charge on any atom is 0.307 e. The number of hydrogen-bond acceptors (Lipinski definition) is 24. The van der Waals surface area contributed by atoms with E-state index in [4.69, 9.17) is 37.9 Å². The van der Waals surface area contributed by atoms with Crippen molar-refractivity contribution in [1.29, 1.82) is 0 Å². The molecule has 0 aliphatic rings. The number of rotatable bonds is 119. The van der Waals surface area contributed by atoms with Crippen LogP contribution in [0.25, 0.3) is 0 Å². The third-order valence-corrected chi connectivity index (χ3v) is 29.9. The quantitative estimate of drug-likeness (QED) is 0.0312. The topological polar surface area (TPSA) is 236 Å². The summed E-state index contributed by atoms with van der Waals surface area (Å²) in [6.45, 7) is 36.5. The molecule has 0 radical (unpaired) electrons. The summed E-state index contributed by atoms with van der Waals surface area (Å²) in [5, 5.41) is 0. The highest BCUT2D eigenvalue weighted by Crippen LogP contribution is 2.21. The second-order valence-corrected chi connectivity index (χ2v) is 43.6. The van der Waals surface area contributed by atoms with Crippen molar-refractivity contribution < 1.29 is 76.3 Å². The normalized spacial score (nSPS) is 11.7. The van der Waals surface area contributed by atoms with Crippen LogP contribution >= 0.6 is 0 Å². The van der Waals surface area contributed by atoms with Crippen LogP contribution in [0.15, 0.2) is 0 Å². The Labute approximate surface area is 919 Å². The fourth-order valence-corrected chi connectivity index (χ4v) is 19.1. The molecule has 0 saturated heterocycles. The van der Waals surface area contributed by atoms with Gasteiger partial charge in [-0.1, -0.05) is 460 Å². The number of ether oxygens (including phenoxy) is 8. The first-order valence-electron chi connectivity index (χ1n) is 63.7. The van der Waals surface area contributed by atoms with Crippen LogP contribution in [0, 0.1) is 0 Å². The van der Waals surface area contributed by atoms with Gasteiger partial charge in [-0.15, -0.1) is 0 Å². The molecule has 0 aromatic rings. The maximum absolute atomic E-state index is 12.9. The molecule has 0 saturated carbocycles. The Kier molecular flexibility index (Phi) is 117. The minimum atomic E-state index is -0.252. The van der Waals surface area contributed by atoms with Crippen molar-refractivity contribution in [3.8, 4) is 0 Å². The van der Waals surface area contributed by atoms with Gasteiger partial charge in [-0.3, -0.25) is 38.4 Å². The molecule has 0 unspecified atom stereocenters. The van der Waals surface area contributed by atoms with Gasteiger partial charge in [0.25, 0.3) is 0 Å². The lowest BCUT2D eigenvalue weighted by atomic mass is 10.1. The second-order valence-electron chi connectivity index (χ2n) is 43.6. The summed E-state index contributed by atoms with van der Waals surface area (Å²) < 4.78 is 43.7. The summed E-state index contributed by atoms with van der Waals surface area (Å²) in [5.74, 6) is -1.51. The van der Waals surface area contributed by atoms with Gasteiger partial charge in [-0.05, 0) is 65.7 Å². The predicted molar refractivity (Wildman–Crippen MR) is 624 cm³/mol. The van der Waals surface area contributed by atoms with Crippen molar-refractivity contribution in [3.63, 3.8) is 0 Å². The zero-order valence-electron chi connectivity index (χ0n) is 100. The second kappa shape index (κ2) is 119. The zero-order valence-corrected chi connectivity index (χ0v) is 100. The highest BCUT2D eigenvalue weighted by molar-refractivity contribution is 5.72. The number of methoxy groups -OCH3 is 2. The lowest BCUT2D eigenvalue weighted by Crippen LogP contribution is -2.42. The van der Waals surface area contributed by atoms with E-state index in [1.54, 1.807) is 0 Å². The summed E-state index contributed by atoms with van der Waals surface area (Å²) >= 11 is 0. The number of unbranched alkanes of at least 4 members (excludes halogenated alkanes) is 63. The van der Waals surface area contributed by atoms with Gasteiger partial charge in [0.1, 0.15) is 0 Å². The fraction of sp³-hybridized carbons (Fsp3) is 0.936. The van der Waals surface area contributed by atoms with Gasteiger partial charge in [0.05, 0.1) is 105 Å². The van der Waals surface area contributed by atoms with Crippen LogP contribution in [0.3, 0.4) is 0 Å². The summed E-state index contributed by atoms with van der Waals surface area (Å²) in [7, 11) is 7.06. The number of carbonyl (C=O) groups is 8. The van der Waals surface area contributed by atoms with Crippen LogP contribution < -0.4 is 0 Å². The number of carbonyl (C=O) groups excluding carboxylic acids is 8. The molecule has 0 N–H and O–H groups in total. The molecule has 882 valence electrons. The van der Waals surface area contributed by atoms with Gasteiger partial charge in [-0.25, -0.2) is 0 Å². The Balaban J connectivity index is 0. The maximum atomic E-state index is 12.9. The Morgan fingerprint density at radius 2 is 0.255 bits per heavy atom. The van der Waals surface area contributed by atoms with E-state index in [1.165, 1.54) is 380 Å². The molecule has 0 aliphatic heterocycles. The van der Waals surface area contributed by atoms with Crippen molar-refractivity contribution in [3.05, 3.63) is 0 Å². The Hall–Kier alpha value is -4.56. The largest absolute Gasteiger partial charge is 0.469 e. The first-order valence-corrected chi connectivity index (χ1v) is 63.7. The molecule has 24 nitrogen and oxygen atoms in total. The van der Waals surface area contributed by atoms with Crippen molar-refractivity contribution in [1.82, 2.24) is 39.2 Å². The Morgan fingerprint density at radius 1 is 0.141 bits per heavy atom. The number of esters is 8. The highest BCUT2D eigenvalue weighted by Gasteiger charge is 2.21. The van der Waals surface area contributed by atoms with E-state index in [2.05, 4.69) is 109 Å². The summed E-state index contributed by atoms with van der Waals surface area (Å²) in [6.07, 6.45) is 89.8. The van der Waals surface area contributed by atoms with Gasteiger partial charge in [0.15, 0.2) is 0 Å². The number of hydrogen-bond donors (Lipinski definition) is 0. The minimum absolute atomic E-state index is 0.163. The molecule has 0 aromatic carbocycles. The van der Waals surface area contributed by atoms with Gasteiger partial charge >= 0.3 is 47.8 Å². The molecule has 0 aromatic heterocycles. The van der Waals surface area contributed by atoms with E-state index in [1.807, 2.05) is 0 Å². The Bertz CT molecular complexity index is 2780. The molecule has 0 heterocycles. The fourth-order valence-electron chi connectivity index (χ4n) is 19.1. The third kappa shape index (κ3) is 111. The molecule has 0 amide bonds. The number of likely N-dealkylation sites (N-methyl/N-ethyl adjacent to an activating group) is 4. The van der Waals surface area contributed by atoms with Gasteiger partial charge in [0.2, 0.25) is 0 Å². The van der Waals surface area contributed by atoms with Crippen LogP contribution in [0.2, 0.25) is 0 Å². The van der Waals surface area contributed by atoms with Crippen LogP contribution in [-0.2, 0) is 76.3 Å². The molecule has 0 rings (SSSR count). The molecule has 149 heavy (non-hydrogen) atoms. The molecule has 0 fully saturated rings. The molecular formula is C125H246N8O16. The van der Waals surface area contributed by atoms with Crippen molar-refractivity contribution in [2.45, 2.75) is 550 Å². The molecule has 0 bridgehead atoms. The van der Waals surface area contributed by atoms with E-state index in [0.29, 0.717) is 131 Å². The molecule has 24 heteroatoms. The van der Waals surface area contributed by atoms with E-state index >= 15 is 0 Å². The minimum Gasteiger partial charge on any atom is -0.469 e. The van der Waals surface area contributed by atoms with Gasteiger partial charge in [-0.2, -0.15) is 0 Å². The van der Waals surface area contributed by atoms with Crippen LogP contribution in [0.4, 0.5) is 0 Å². The first kappa shape index (κ1) is 146. The van der Waals surface area contributed by atoms with Crippen molar-refractivity contribution in [2.75, 3.05) is 212 Å². The number of nitrogens with zero attached hydrogens (tertiary/aromatic N) is 8. The van der Waals surface area contributed by atoms with Crippen molar-refractivity contribution >= 4 is 47.8 Å². The lowest BCUT2D eigenvalue weighted by Gasteiger charge is -2.29. The monoisotopic (exact) mass is 2120 g/mol.